The van der Waals surface area contributed by atoms with Crippen molar-refractivity contribution >= 4 is 17.5 Å². The highest BCUT2D eigenvalue weighted by molar-refractivity contribution is 5.86. The summed E-state index contributed by atoms with van der Waals surface area (Å²) in [5.41, 5.74) is 5.65. The summed E-state index contributed by atoms with van der Waals surface area (Å²) < 4.78 is 0. The van der Waals surface area contributed by atoms with Crippen molar-refractivity contribution in [1.82, 2.24) is 10.3 Å². The van der Waals surface area contributed by atoms with Crippen LogP contribution >= 0.6 is 0 Å². The molecule has 0 aliphatic carbocycles. The molecular formula is C11H16N4O. The first-order chi connectivity index (χ1) is 7.72. The summed E-state index contributed by atoms with van der Waals surface area (Å²) in [4.78, 5) is 17.9. The molecule has 1 aromatic rings. The molecule has 1 unspecified atom stereocenters. The number of carbonyl (C=O) groups is 1. The molecule has 2 heterocycles. The number of nitrogens with one attached hydrogen (secondary N) is 1. The van der Waals surface area contributed by atoms with Crippen molar-refractivity contribution < 1.29 is 4.79 Å². The monoisotopic (exact) mass is 220 g/mol. The minimum Gasteiger partial charge on any atom is -0.384 e. The van der Waals surface area contributed by atoms with Gasteiger partial charge in [-0.25, -0.2) is 4.98 Å². The Morgan fingerprint density at radius 2 is 2.44 bits per heavy atom. The van der Waals surface area contributed by atoms with Gasteiger partial charge in [0.05, 0.1) is 0 Å². The number of carbonyl (C=O) groups excluding carboxylic acids is 1. The van der Waals surface area contributed by atoms with Crippen LogP contribution in [0.1, 0.15) is 13.3 Å². The van der Waals surface area contributed by atoms with Crippen molar-refractivity contribution in [2.24, 2.45) is 0 Å². The van der Waals surface area contributed by atoms with Crippen molar-refractivity contribution in [3.05, 3.63) is 18.2 Å². The molecular weight excluding hydrogens is 204 g/mol. The topological polar surface area (TPSA) is 71.2 Å². The molecule has 0 radical (unpaired) electrons. The van der Waals surface area contributed by atoms with Gasteiger partial charge in [0.25, 0.3) is 0 Å². The van der Waals surface area contributed by atoms with Gasteiger partial charge in [-0.05, 0) is 18.6 Å². The van der Waals surface area contributed by atoms with Crippen LogP contribution < -0.4 is 16.0 Å². The predicted octanol–water partition coefficient (Wildman–Crippen LogP) is 0.379. The largest absolute Gasteiger partial charge is 0.384 e. The van der Waals surface area contributed by atoms with Crippen LogP contribution in [-0.2, 0) is 4.79 Å². The van der Waals surface area contributed by atoms with Crippen LogP contribution in [0.5, 0.6) is 0 Å². The molecule has 0 bridgehead atoms. The summed E-state index contributed by atoms with van der Waals surface area (Å²) in [7, 11) is 0. The summed E-state index contributed by atoms with van der Waals surface area (Å²) in [5.74, 6) is 1.33. The molecule has 86 valence electrons. The van der Waals surface area contributed by atoms with E-state index in [1.165, 1.54) is 0 Å². The lowest BCUT2D eigenvalue weighted by Crippen LogP contribution is -2.55. The molecule has 5 nitrogen and oxygen atoms in total. The van der Waals surface area contributed by atoms with E-state index in [-0.39, 0.29) is 11.9 Å². The summed E-state index contributed by atoms with van der Waals surface area (Å²) in [6.45, 7) is 3.43. The number of nitrogens with zero attached hydrogens (tertiary/aromatic N) is 2. The molecule has 1 aliphatic heterocycles. The maximum Gasteiger partial charge on any atom is 0.242 e. The summed E-state index contributed by atoms with van der Waals surface area (Å²) >= 11 is 0. The molecule has 0 saturated carbocycles. The van der Waals surface area contributed by atoms with Gasteiger partial charge in [-0.15, -0.1) is 0 Å². The number of nitrogens with two attached hydrogens (primary N) is 1. The fourth-order valence-corrected chi connectivity index (χ4v) is 1.99. The highest BCUT2D eigenvalue weighted by atomic mass is 16.2. The lowest BCUT2D eigenvalue weighted by atomic mass is 10.1. The number of piperazine rings is 1. The van der Waals surface area contributed by atoms with Gasteiger partial charge >= 0.3 is 0 Å². The van der Waals surface area contributed by atoms with E-state index >= 15 is 0 Å². The first-order valence-electron chi connectivity index (χ1n) is 5.49. The Morgan fingerprint density at radius 3 is 3.12 bits per heavy atom. The van der Waals surface area contributed by atoms with Gasteiger partial charge < -0.3 is 16.0 Å². The third-order valence-corrected chi connectivity index (χ3v) is 2.77. The van der Waals surface area contributed by atoms with Crippen molar-refractivity contribution in [2.75, 3.05) is 23.7 Å². The van der Waals surface area contributed by atoms with Gasteiger partial charge in [0, 0.05) is 13.1 Å². The molecule has 1 amide bonds. The summed E-state index contributed by atoms with van der Waals surface area (Å²) in [5, 5.41) is 2.86. The zero-order valence-corrected chi connectivity index (χ0v) is 9.31. The second-order valence-electron chi connectivity index (χ2n) is 3.83. The van der Waals surface area contributed by atoms with Gasteiger partial charge in [-0.2, -0.15) is 0 Å². The summed E-state index contributed by atoms with van der Waals surface area (Å²) in [6.07, 6.45) is 0.766. The third kappa shape index (κ3) is 1.93. The van der Waals surface area contributed by atoms with E-state index in [4.69, 9.17) is 5.73 Å². The minimum absolute atomic E-state index is 0.0676. The van der Waals surface area contributed by atoms with Crippen LogP contribution in [0.2, 0.25) is 0 Å². The molecule has 2 rings (SSSR count). The molecule has 1 atom stereocenters. The smallest absolute Gasteiger partial charge is 0.242 e. The third-order valence-electron chi connectivity index (χ3n) is 2.77. The number of rotatable bonds is 2. The van der Waals surface area contributed by atoms with Crippen LogP contribution in [0.3, 0.4) is 0 Å². The second kappa shape index (κ2) is 4.38. The fourth-order valence-electron chi connectivity index (χ4n) is 1.99. The van der Waals surface area contributed by atoms with E-state index in [1.807, 2.05) is 24.0 Å². The van der Waals surface area contributed by atoms with Crippen LogP contribution in [-0.4, -0.2) is 30.0 Å². The standard InChI is InChI=1S/C11H16N4O/c1-2-8-11(16)13-6-7-15(8)10-5-3-4-9(12)14-10/h3-5,8H,2,6-7H2,1H3,(H2,12,14)(H,13,16). The number of nitrogen functional groups attached to an aromatic ring is 1. The van der Waals surface area contributed by atoms with E-state index in [0.29, 0.717) is 12.4 Å². The van der Waals surface area contributed by atoms with E-state index < -0.39 is 0 Å². The Bertz CT molecular complexity index is 393. The van der Waals surface area contributed by atoms with E-state index in [2.05, 4.69) is 10.3 Å². The van der Waals surface area contributed by atoms with E-state index in [1.54, 1.807) is 6.07 Å². The van der Waals surface area contributed by atoms with Crippen LogP contribution in [0, 0.1) is 0 Å². The number of aromatic nitrogens is 1. The Labute approximate surface area is 94.6 Å². The number of pyridine rings is 1. The first kappa shape index (κ1) is 10.7. The van der Waals surface area contributed by atoms with Crippen LogP contribution in [0.25, 0.3) is 0 Å². The lowest BCUT2D eigenvalue weighted by Gasteiger charge is -2.35. The average Bonchev–Trinajstić information content (AvgIpc) is 2.28. The van der Waals surface area contributed by atoms with E-state index in [0.717, 1.165) is 18.8 Å². The normalized spacial score (nSPS) is 20.7. The maximum absolute atomic E-state index is 11.7. The molecule has 1 saturated heterocycles. The Kier molecular flexibility index (Phi) is 2.94. The SMILES string of the molecule is CCC1C(=O)NCCN1c1cccc(N)n1. The molecule has 5 heteroatoms. The number of amides is 1. The van der Waals surface area contributed by atoms with Crippen molar-refractivity contribution in [3.63, 3.8) is 0 Å². The van der Waals surface area contributed by atoms with Gasteiger partial charge in [0.1, 0.15) is 17.7 Å². The van der Waals surface area contributed by atoms with Crippen molar-refractivity contribution in [1.29, 1.82) is 0 Å². The Balaban J connectivity index is 2.27. The molecule has 16 heavy (non-hydrogen) atoms. The number of hydrogen-bond acceptors (Lipinski definition) is 4. The number of hydrogen-bond donors (Lipinski definition) is 2. The summed E-state index contributed by atoms with van der Waals surface area (Å²) in [6, 6.07) is 5.35. The number of anilines is 2. The van der Waals surface area contributed by atoms with E-state index in [9.17, 15) is 4.79 Å². The first-order valence-corrected chi connectivity index (χ1v) is 5.49. The van der Waals surface area contributed by atoms with Crippen molar-refractivity contribution in [2.45, 2.75) is 19.4 Å². The quantitative estimate of drug-likeness (QED) is 0.755. The van der Waals surface area contributed by atoms with Gasteiger partial charge in [-0.1, -0.05) is 13.0 Å². The second-order valence-corrected chi connectivity index (χ2v) is 3.83. The van der Waals surface area contributed by atoms with Gasteiger partial charge in [-0.3, -0.25) is 4.79 Å². The van der Waals surface area contributed by atoms with Gasteiger partial charge in [0.15, 0.2) is 0 Å². The fraction of sp³-hybridized carbons (Fsp3) is 0.455. The molecule has 0 spiro atoms. The molecule has 1 aliphatic rings. The van der Waals surface area contributed by atoms with Gasteiger partial charge in [0.2, 0.25) is 5.91 Å². The highest BCUT2D eigenvalue weighted by Gasteiger charge is 2.28. The predicted molar refractivity (Wildman–Crippen MR) is 63.1 cm³/mol. The average molecular weight is 220 g/mol. The molecule has 1 fully saturated rings. The highest BCUT2D eigenvalue weighted by Crippen LogP contribution is 2.18. The lowest BCUT2D eigenvalue weighted by molar-refractivity contribution is -0.123. The minimum atomic E-state index is -0.136. The molecule has 1 aromatic heterocycles. The Hall–Kier alpha value is -1.78. The maximum atomic E-state index is 11.7. The molecule has 3 N–H and O–H groups in total. The molecule has 0 aromatic carbocycles. The van der Waals surface area contributed by atoms with Crippen LogP contribution in [0.15, 0.2) is 18.2 Å². The zero-order chi connectivity index (χ0) is 11.5. The Morgan fingerprint density at radius 1 is 1.62 bits per heavy atom. The van der Waals surface area contributed by atoms with Crippen LogP contribution in [0.4, 0.5) is 11.6 Å². The van der Waals surface area contributed by atoms with Crippen molar-refractivity contribution in [3.8, 4) is 0 Å². The zero-order valence-electron chi connectivity index (χ0n) is 9.31.